The van der Waals surface area contributed by atoms with Gasteiger partial charge in [-0.25, -0.2) is 8.42 Å². The van der Waals surface area contributed by atoms with Crippen molar-refractivity contribution in [3.05, 3.63) is 35.4 Å². The van der Waals surface area contributed by atoms with Crippen LogP contribution in [-0.2, 0) is 16.4 Å². The Labute approximate surface area is 108 Å². The summed E-state index contributed by atoms with van der Waals surface area (Å²) in [7, 11) is -2.87. The van der Waals surface area contributed by atoms with Gasteiger partial charge in [0.1, 0.15) is 9.84 Å². The molecular weight excluding hydrogens is 250 g/mol. The van der Waals surface area contributed by atoms with E-state index >= 15 is 0 Å². The summed E-state index contributed by atoms with van der Waals surface area (Å²) in [5.41, 5.74) is 7.39. The van der Waals surface area contributed by atoms with E-state index in [-0.39, 0.29) is 17.4 Å². The van der Waals surface area contributed by atoms with Gasteiger partial charge in [0.2, 0.25) is 0 Å². The van der Waals surface area contributed by atoms with Gasteiger partial charge in [-0.3, -0.25) is 0 Å². The number of sulfone groups is 1. The van der Waals surface area contributed by atoms with Crippen LogP contribution in [0.25, 0.3) is 0 Å². The molecule has 1 atom stereocenters. The van der Waals surface area contributed by atoms with Crippen LogP contribution in [0.2, 0.25) is 0 Å². The van der Waals surface area contributed by atoms with Gasteiger partial charge >= 0.3 is 0 Å². The van der Waals surface area contributed by atoms with E-state index < -0.39 is 15.9 Å². The van der Waals surface area contributed by atoms with Crippen LogP contribution >= 0.6 is 0 Å². The highest BCUT2D eigenvalue weighted by Crippen LogP contribution is 2.31. The topological polar surface area (TPSA) is 80.4 Å². The van der Waals surface area contributed by atoms with E-state index in [2.05, 4.69) is 0 Å². The van der Waals surface area contributed by atoms with Crippen molar-refractivity contribution in [2.24, 2.45) is 11.7 Å². The SMILES string of the molecule is NCc1ccc(C(O)C2CCS(=O)(=O)CC2)cc1. The lowest BCUT2D eigenvalue weighted by molar-refractivity contribution is 0.102. The summed E-state index contributed by atoms with van der Waals surface area (Å²) in [6.45, 7) is 0.484. The van der Waals surface area contributed by atoms with Crippen molar-refractivity contribution in [3.8, 4) is 0 Å². The molecule has 1 aromatic carbocycles. The third-order valence-corrected chi connectivity index (χ3v) is 5.32. The zero-order valence-corrected chi connectivity index (χ0v) is 11.1. The summed E-state index contributed by atoms with van der Waals surface area (Å²) in [5, 5.41) is 10.3. The molecule has 0 bridgehead atoms. The predicted molar refractivity (Wildman–Crippen MR) is 70.7 cm³/mol. The first-order valence-corrected chi connectivity index (χ1v) is 8.01. The molecule has 0 aromatic heterocycles. The third-order valence-electron chi connectivity index (χ3n) is 3.60. The normalized spacial score (nSPS) is 21.7. The fraction of sp³-hybridized carbons (Fsp3) is 0.538. The molecule has 1 aliphatic heterocycles. The van der Waals surface area contributed by atoms with Crippen LogP contribution in [-0.4, -0.2) is 25.0 Å². The molecule has 1 aromatic rings. The van der Waals surface area contributed by atoms with Gasteiger partial charge in [0, 0.05) is 6.54 Å². The number of aliphatic hydroxyl groups excluding tert-OH is 1. The first-order chi connectivity index (χ1) is 8.52. The maximum atomic E-state index is 11.3. The summed E-state index contributed by atoms with van der Waals surface area (Å²) < 4.78 is 22.7. The van der Waals surface area contributed by atoms with Gasteiger partial charge in [0.25, 0.3) is 0 Å². The van der Waals surface area contributed by atoms with Crippen molar-refractivity contribution in [3.63, 3.8) is 0 Å². The summed E-state index contributed by atoms with van der Waals surface area (Å²) >= 11 is 0. The maximum absolute atomic E-state index is 11.3. The molecule has 1 aliphatic rings. The van der Waals surface area contributed by atoms with Crippen LogP contribution in [0.3, 0.4) is 0 Å². The van der Waals surface area contributed by atoms with Gasteiger partial charge < -0.3 is 10.8 Å². The Morgan fingerprint density at radius 3 is 2.28 bits per heavy atom. The molecular formula is C13H19NO3S. The van der Waals surface area contributed by atoms with E-state index in [9.17, 15) is 13.5 Å². The van der Waals surface area contributed by atoms with Crippen molar-refractivity contribution in [1.82, 2.24) is 0 Å². The molecule has 100 valence electrons. The molecule has 0 aliphatic carbocycles. The van der Waals surface area contributed by atoms with Crippen LogP contribution < -0.4 is 5.73 Å². The Hall–Kier alpha value is -0.910. The Bertz CT molecular complexity index is 481. The van der Waals surface area contributed by atoms with E-state index in [1.165, 1.54) is 0 Å². The average molecular weight is 269 g/mol. The highest BCUT2D eigenvalue weighted by atomic mass is 32.2. The lowest BCUT2D eigenvalue weighted by atomic mass is 9.90. The highest BCUT2D eigenvalue weighted by molar-refractivity contribution is 7.91. The highest BCUT2D eigenvalue weighted by Gasteiger charge is 2.29. The van der Waals surface area contributed by atoms with E-state index in [0.717, 1.165) is 11.1 Å². The standard InChI is InChI=1S/C13H19NO3S/c14-9-10-1-3-11(4-2-10)13(15)12-5-7-18(16,17)8-6-12/h1-4,12-13,15H,5-9,14H2. The fourth-order valence-corrected chi connectivity index (χ4v) is 3.87. The Balaban J connectivity index is 2.04. The Morgan fingerprint density at radius 2 is 1.78 bits per heavy atom. The molecule has 0 amide bonds. The number of benzene rings is 1. The van der Waals surface area contributed by atoms with Gasteiger partial charge in [0.15, 0.2) is 0 Å². The Morgan fingerprint density at radius 1 is 1.22 bits per heavy atom. The minimum absolute atomic E-state index is 0.0391. The first kappa shape index (κ1) is 13.5. The quantitative estimate of drug-likeness (QED) is 0.858. The number of hydrogen-bond acceptors (Lipinski definition) is 4. The molecule has 0 radical (unpaired) electrons. The second-order valence-electron chi connectivity index (χ2n) is 4.88. The molecule has 3 N–H and O–H groups in total. The monoisotopic (exact) mass is 269 g/mol. The van der Waals surface area contributed by atoms with Crippen molar-refractivity contribution in [2.75, 3.05) is 11.5 Å². The summed E-state index contributed by atoms with van der Waals surface area (Å²) in [5.74, 6) is 0.419. The minimum Gasteiger partial charge on any atom is -0.388 e. The minimum atomic E-state index is -2.87. The largest absolute Gasteiger partial charge is 0.388 e. The molecule has 18 heavy (non-hydrogen) atoms. The molecule has 1 fully saturated rings. The zero-order chi connectivity index (χ0) is 13.2. The van der Waals surface area contributed by atoms with Crippen molar-refractivity contribution in [1.29, 1.82) is 0 Å². The van der Waals surface area contributed by atoms with Crippen LogP contribution in [0.15, 0.2) is 24.3 Å². The smallest absolute Gasteiger partial charge is 0.150 e. The van der Waals surface area contributed by atoms with Crippen molar-refractivity contribution >= 4 is 9.84 Å². The summed E-state index contributed by atoms with van der Waals surface area (Å²) in [6.07, 6.45) is 0.511. The lowest BCUT2D eigenvalue weighted by Gasteiger charge is -2.26. The fourth-order valence-electron chi connectivity index (χ4n) is 2.35. The molecule has 5 heteroatoms. The van der Waals surface area contributed by atoms with E-state index in [1.807, 2.05) is 24.3 Å². The molecule has 0 spiro atoms. The lowest BCUT2D eigenvalue weighted by Crippen LogP contribution is -2.27. The molecule has 1 heterocycles. The van der Waals surface area contributed by atoms with Crippen LogP contribution in [0.5, 0.6) is 0 Å². The number of hydrogen-bond donors (Lipinski definition) is 2. The molecule has 1 saturated heterocycles. The van der Waals surface area contributed by atoms with Gasteiger partial charge in [-0.1, -0.05) is 24.3 Å². The average Bonchev–Trinajstić information content (AvgIpc) is 2.38. The van der Waals surface area contributed by atoms with Gasteiger partial charge in [-0.05, 0) is 29.9 Å². The van der Waals surface area contributed by atoms with Gasteiger partial charge in [-0.15, -0.1) is 0 Å². The summed E-state index contributed by atoms with van der Waals surface area (Å²) in [6, 6.07) is 7.54. The first-order valence-electron chi connectivity index (χ1n) is 6.19. The number of nitrogens with two attached hydrogens (primary N) is 1. The van der Waals surface area contributed by atoms with Gasteiger partial charge in [-0.2, -0.15) is 0 Å². The van der Waals surface area contributed by atoms with Crippen molar-refractivity contribution < 1.29 is 13.5 Å². The number of aliphatic hydroxyl groups is 1. The molecule has 0 saturated carbocycles. The maximum Gasteiger partial charge on any atom is 0.150 e. The second kappa shape index (κ2) is 5.38. The third kappa shape index (κ3) is 3.10. The van der Waals surface area contributed by atoms with Crippen LogP contribution in [0, 0.1) is 5.92 Å². The second-order valence-corrected chi connectivity index (χ2v) is 7.18. The van der Waals surface area contributed by atoms with Gasteiger partial charge in [0.05, 0.1) is 17.6 Å². The molecule has 4 nitrogen and oxygen atoms in total. The van der Waals surface area contributed by atoms with Crippen LogP contribution in [0.4, 0.5) is 0 Å². The Kier molecular flexibility index (Phi) is 4.04. The number of rotatable bonds is 3. The summed E-state index contributed by atoms with van der Waals surface area (Å²) in [4.78, 5) is 0. The van der Waals surface area contributed by atoms with E-state index in [1.54, 1.807) is 0 Å². The molecule has 2 rings (SSSR count). The van der Waals surface area contributed by atoms with E-state index in [4.69, 9.17) is 5.73 Å². The predicted octanol–water partition coefficient (Wildman–Crippen LogP) is 1.00. The molecule has 1 unspecified atom stereocenters. The van der Waals surface area contributed by atoms with E-state index in [0.29, 0.717) is 19.4 Å². The van der Waals surface area contributed by atoms with Crippen molar-refractivity contribution in [2.45, 2.75) is 25.5 Å². The van der Waals surface area contributed by atoms with Crippen LogP contribution in [0.1, 0.15) is 30.1 Å². The zero-order valence-electron chi connectivity index (χ0n) is 10.2.